The first-order valence-corrected chi connectivity index (χ1v) is 7.60. The third-order valence-corrected chi connectivity index (χ3v) is 4.03. The van der Waals surface area contributed by atoms with Crippen LogP contribution in [0.2, 0.25) is 0 Å². The maximum absolute atomic E-state index is 6.07. The fraction of sp³-hybridized carbons (Fsp3) is 1.00. The van der Waals surface area contributed by atoms with Gasteiger partial charge in [0.25, 0.3) is 0 Å². The van der Waals surface area contributed by atoms with Crippen LogP contribution in [0, 0.1) is 0 Å². The number of nitrogens with one attached hydrogen (secondary N) is 1. The molecule has 1 saturated heterocycles. The van der Waals surface area contributed by atoms with E-state index in [1.165, 1.54) is 51.4 Å². The summed E-state index contributed by atoms with van der Waals surface area (Å²) in [7, 11) is 0. The summed E-state index contributed by atoms with van der Waals surface area (Å²) < 4.78 is 6.07. The topological polar surface area (TPSA) is 21.3 Å². The van der Waals surface area contributed by atoms with Crippen molar-refractivity contribution in [1.29, 1.82) is 0 Å². The van der Waals surface area contributed by atoms with Crippen molar-refractivity contribution in [2.24, 2.45) is 0 Å². The van der Waals surface area contributed by atoms with Crippen LogP contribution in [-0.2, 0) is 4.74 Å². The van der Waals surface area contributed by atoms with E-state index >= 15 is 0 Å². The molecule has 0 amide bonds. The number of likely N-dealkylation sites (N-methyl/N-ethyl adjacent to an activating group) is 1. The van der Waals surface area contributed by atoms with Gasteiger partial charge in [-0.25, -0.2) is 0 Å². The fourth-order valence-electron chi connectivity index (χ4n) is 2.88. The summed E-state index contributed by atoms with van der Waals surface area (Å²) >= 11 is 0. The van der Waals surface area contributed by atoms with Gasteiger partial charge in [0, 0.05) is 12.6 Å². The maximum Gasteiger partial charge on any atom is 0.0806 e. The highest BCUT2D eigenvalue weighted by Crippen LogP contribution is 2.30. The van der Waals surface area contributed by atoms with Gasteiger partial charge in [0.1, 0.15) is 0 Å². The minimum Gasteiger partial charge on any atom is -0.374 e. The number of ether oxygens (including phenoxy) is 1. The molecular weight excluding hydrogens is 210 g/mol. The van der Waals surface area contributed by atoms with E-state index in [1.54, 1.807) is 0 Å². The second kappa shape index (κ2) is 8.10. The molecule has 0 spiro atoms. The van der Waals surface area contributed by atoms with E-state index in [9.17, 15) is 0 Å². The summed E-state index contributed by atoms with van der Waals surface area (Å²) in [6.07, 6.45) is 10.5. The van der Waals surface area contributed by atoms with Gasteiger partial charge in [-0.2, -0.15) is 0 Å². The van der Waals surface area contributed by atoms with Crippen molar-refractivity contribution >= 4 is 0 Å². The van der Waals surface area contributed by atoms with Crippen molar-refractivity contribution in [3.63, 3.8) is 0 Å². The minimum atomic E-state index is 0.0838. The fourth-order valence-corrected chi connectivity index (χ4v) is 2.88. The van der Waals surface area contributed by atoms with Crippen molar-refractivity contribution in [3.05, 3.63) is 0 Å². The van der Waals surface area contributed by atoms with Crippen molar-refractivity contribution in [2.75, 3.05) is 13.2 Å². The normalized spacial score (nSPS) is 27.0. The molecule has 0 aromatic carbocycles. The molecule has 0 bridgehead atoms. The summed E-state index contributed by atoms with van der Waals surface area (Å²) in [4.78, 5) is 0. The van der Waals surface area contributed by atoms with Crippen molar-refractivity contribution in [2.45, 2.75) is 83.8 Å². The summed E-state index contributed by atoms with van der Waals surface area (Å²) in [6.45, 7) is 8.78. The largest absolute Gasteiger partial charge is 0.374 e. The van der Waals surface area contributed by atoms with E-state index in [0.29, 0.717) is 6.04 Å². The van der Waals surface area contributed by atoms with Gasteiger partial charge in [-0.1, -0.05) is 39.5 Å². The highest BCUT2D eigenvalue weighted by molar-refractivity contribution is 4.91. The van der Waals surface area contributed by atoms with Crippen LogP contribution in [0.5, 0.6) is 0 Å². The highest BCUT2D eigenvalue weighted by atomic mass is 16.5. The van der Waals surface area contributed by atoms with Gasteiger partial charge in [0.05, 0.1) is 5.60 Å². The Morgan fingerprint density at radius 1 is 1.18 bits per heavy atom. The van der Waals surface area contributed by atoms with Crippen LogP contribution >= 0.6 is 0 Å². The summed E-state index contributed by atoms with van der Waals surface area (Å²) in [6, 6.07) is 0.546. The van der Waals surface area contributed by atoms with E-state index in [-0.39, 0.29) is 5.60 Å². The monoisotopic (exact) mass is 241 g/mol. The molecule has 0 saturated carbocycles. The summed E-state index contributed by atoms with van der Waals surface area (Å²) in [5.41, 5.74) is 0.0838. The molecule has 0 aromatic heterocycles. The van der Waals surface area contributed by atoms with E-state index in [0.717, 1.165) is 13.2 Å². The SMILES string of the molecule is CCCCCCC(NCC)C1(C)CCCCO1. The molecule has 1 heterocycles. The Morgan fingerprint density at radius 3 is 2.59 bits per heavy atom. The van der Waals surface area contributed by atoms with Gasteiger partial charge < -0.3 is 10.1 Å². The van der Waals surface area contributed by atoms with Crippen LogP contribution in [0.25, 0.3) is 0 Å². The standard InChI is InChI=1S/C15H31NO/c1-4-6-7-8-11-14(16-5-2)15(3)12-9-10-13-17-15/h14,16H,4-13H2,1-3H3. The van der Waals surface area contributed by atoms with Crippen LogP contribution in [0.3, 0.4) is 0 Å². The highest BCUT2D eigenvalue weighted by Gasteiger charge is 2.35. The lowest BCUT2D eigenvalue weighted by Gasteiger charge is -2.41. The van der Waals surface area contributed by atoms with Gasteiger partial charge in [-0.05, 0) is 39.2 Å². The van der Waals surface area contributed by atoms with Crippen molar-refractivity contribution in [1.82, 2.24) is 5.32 Å². The summed E-state index contributed by atoms with van der Waals surface area (Å²) in [5.74, 6) is 0. The first-order chi connectivity index (χ1) is 8.23. The molecule has 2 unspecified atom stereocenters. The lowest BCUT2D eigenvalue weighted by atomic mass is 9.85. The number of hydrogen-bond donors (Lipinski definition) is 1. The van der Waals surface area contributed by atoms with Gasteiger partial charge in [0.2, 0.25) is 0 Å². The predicted octanol–water partition coefficient (Wildman–Crippen LogP) is 3.89. The zero-order valence-corrected chi connectivity index (χ0v) is 12.1. The number of hydrogen-bond acceptors (Lipinski definition) is 2. The van der Waals surface area contributed by atoms with Gasteiger partial charge >= 0.3 is 0 Å². The molecule has 1 fully saturated rings. The molecule has 17 heavy (non-hydrogen) atoms. The van der Waals surface area contributed by atoms with Crippen LogP contribution in [0.4, 0.5) is 0 Å². The van der Waals surface area contributed by atoms with E-state index < -0.39 is 0 Å². The van der Waals surface area contributed by atoms with Gasteiger partial charge in [-0.15, -0.1) is 0 Å². The van der Waals surface area contributed by atoms with E-state index in [1.807, 2.05) is 0 Å². The Kier molecular flexibility index (Phi) is 7.14. The second-order valence-electron chi connectivity index (χ2n) is 5.58. The quantitative estimate of drug-likeness (QED) is 0.651. The zero-order chi connectivity index (χ0) is 12.6. The Morgan fingerprint density at radius 2 is 2.00 bits per heavy atom. The Hall–Kier alpha value is -0.0800. The average molecular weight is 241 g/mol. The molecule has 2 nitrogen and oxygen atoms in total. The Labute approximate surface area is 108 Å². The first kappa shape index (κ1) is 15.0. The molecule has 1 aliphatic heterocycles. The average Bonchev–Trinajstić information content (AvgIpc) is 2.34. The first-order valence-electron chi connectivity index (χ1n) is 7.60. The second-order valence-corrected chi connectivity index (χ2v) is 5.58. The molecule has 2 heteroatoms. The van der Waals surface area contributed by atoms with Gasteiger partial charge in [-0.3, -0.25) is 0 Å². The molecule has 0 radical (unpaired) electrons. The Bertz CT molecular complexity index is 187. The Balaban J connectivity index is 2.39. The minimum absolute atomic E-state index is 0.0838. The van der Waals surface area contributed by atoms with Crippen LogP contribution in [0.15, 0.2) is 0 Å². The van der Waals surface area contributed by atoms with E-state index in [2.05, 4.69) is 26.1 Å². The molecular formula is C15H31NO. The molecule has 1 rings (SSSR count). The third kappa shape index (κ3) is 4.97. The van der Waals surface area contributed by atoms with Crippen molar-refractivity contribution in [3.8, 4) is 0 Å². The molecule has 1 aliphatic rings. The van der Waals surface area contributed by atoms with Gasteiger partial charge in [0.15, 0.2) is 0 Å². The maximum atomic E-state index is 6.07. The van der Waals surface area contributed by atoms with Crippen LogP contribution in [-0.4, -0.2) is 24.8 Å². The molecule has 0 aromatic rings. The van der Waals surface area contributed by atoms with Crippen LogP contribution < -0.4 is 5.32 Å². The molecule has 1 N–H and O–H groups in total. The predicted molar refractivity (Wildman–Crippen MR) is 74.4 cm³/mol. The molecule has 2 atom stereocenters. The molecule has 102 valence electrons. The summed E-state index contributed by atoms with van der Waals surface area (Å²) in [5, 5.41) is 3.64. The number of unbranched alkanes of at least 4 members (excludes halogenated alkanes) is 3. The molecule has 0 aliphatic carbocycles. The lowest BCUT2D eigenvalue weighted by Crippen LogP contribution is -2.52. The van der Waals surface area contributed by atoms with Crippen LogP contribution in [0.1, 0.15) is 72.1 Å². The zero-order valence-electron chi connectivity index (χ0n) is 12.1. The third-order valence-electron chi connectivity index (χ3n) is 4.03. The lowest BCUT2D eigenvalue weighted by molar-refractivity contribution is -0.0901. The smallest absolute Gasteiger partial charge is 0.0806 e. The number of rotatable bonds is 8. The van der Waals surface area contributed by atoms with Crippen molar-refractivity contribution < 1.29 is 4.74 Å². The van der Waals surface area contributed by atoms with E-state index in [4.69, 9.17) is 4.74 Å².